The monoisotopic (exact) mass is 274 g/mol. The lowest BCUT2D eigenvalue weighted by Gasteiger charge is -2.21. The molecule has 1 atom stereocenters. The van der Waals surface area contributed by atoms with Gasteiger partial charge in [0, 0.05) is 11.7 Å². The maximum Gasteiger partial charge on any atom is 0.527 e. The molecule has 1 aromatic carbocycles. The quantitative estimate of drug-likeness (QED) is 0.522. The first-order valence-electron chi connectivity index (χ1n) is 6.37. The van der Waals surface area contributed by atoms with Crippen molar-refractivity contribution in [1.82, 2.24) is 0 Å². The Bertz CT molecular complexity index is 604. The molecule has 1 amide bonds. The van der Waals surface area contributed by atoms with Crippen LogP contribution in [0.5, 0.6) is 0 Å². The van der Waals surface area contributed by atoms with Crippen LogP contribution >= 0.6 is 0 Å². The van der Waals surface area contributed by atoms with E-state index in [1.165, 1.54) is 7.11 Å². The van der Waals surface area contributed by atoms with Gasteiger partial charge < -0.3 is 9.84 Å². The number of anilines is 1. The Morgan fingerprint density at radius 2 is 2.25 bits per heavy atom. The second-order valence-electron chi connectivity index (χ2n) is 4.53. The van der Waals surface area contributed by atoms with Gasteiger partial charge >= 0.3 is 17.5 Å². The molecule has 0 bridgehead atoms. The van der Waals surface area contributed by atoms with Crippen molar-refractivity contribution in [2.45, 2.75) is 25.8 Å². The SMILES string of the molecule is CCC1Cc2ccccc2N1C(=O)/C([N+]#N)=C(\O)OC. The first-order chi connectivity index (χ1) is 9.63. The zero-order valence-electron chi connectivity index (χ0n) is 11.4. The van der Waals surface area contributed by atoms with Crippen molar-refractivity contribution < 1.29 is 14.6 Å². The van der Waals surface area contributed by atoms with Crippen molar-refractivity contribution in [2.75, 3.05) is 12.0 Å². The molecule has 0 spiro atoms. The maximum atomic E-state index is 12.5. The van der Waals surface area contributed by atoms with Crippen molar-refractivity contribution in [2.24, 2.45) is 0 Å². The van der Waals surface area contributed by atoms with E-state index in [4.69, 9.17) is 5.39 Å². The molecule has 1 aromatic rings. The number of hydrogen-bond acceptors (Lipinski definition) is 4. The molecule has 20 heavy (non-hydrogen) atoms. The highest BCUT2D eigenvalue weighted by Crippen LogP contribution is 2.34. The third-order valence-corrected chi connectivity index (χ3v) is 3.46. The number of diazo groups is 1. The van der Waals surface area contributed by atoms with Gasteiger partial charge in [0.2, 0.25) is 5.39 Å². The second kappa shape index (κ2) is 5.61. The lowest BCUT2D eigenvalue weighted by Crippen LogP contribution is -2.38. The van der Waals surface area contributed by atoms with Gasteiger partial charge in [0.1, 0.15) is 0 Å². The molecule has 1 aliphatic heterocycles. The summed E-state index contributed by atoms with van der Waals surface area (Å²) in [5.74, 6) is -1.28. The van der Waals surface area contributed by atoms with E-state index in [9.17, 15) is 9.90 Å². The second-order valence-corrected chi connectivity index (χ2v) is 4.53. The van der Waals surface area contributed by atoms with Crippen molar-refractivity contribution in [1.29, 1.82) is 5.39 Å². The Balaban J connectivity index is 2.45. The number of methoxy groups -OCH3 is 1. The van der Waals surface area contributed by atoms with Gasteiger partial charge in [0.25, 0.3) is 0 Å². The van der Waals surface area contributed by atoms with E-state index in [1.807, 2.05) is 31.2 Å². The Morgan fingerprint density at radius 1 is 1.55 bits per heavy atom. The minimum absolute atomic E-state index is 0.0266. The minimum Gasteiger partial charge on any atom is -0.475 e. The van der Waals surface area contributed by atoms with Crippen molar-refractivity contribution in [3.63, 3.8) is 0 Å². The largest absolute Gasteiger partial charge is 0.527 e. The summed E-state index contributed by atoms with van der Waals surface area (Å²) in [5, 5.41) is 18.5. The molecule has 2 rings (SSSR count). The number of nitrogens with zero attached hydrogens (tertiary/aromatic N) is 3. The number of aliphatic hydroxyl groups excluding tert-OH is 1. The predicted octanol–water partition coefficient (Wildman–Crippen LogP) is 2.58. The van der Waals surface area contributed by atoms with Crippen LogP contribution in [0.15, 0.2) is 35.9 Å². The van der Waals surface area contributed by atoms with Gasteiger partial charge in [-0.05, 0) is 24.5 Å². The number of hydrogen-bond donors (Lipinski definition) is 1. The molecule has 6 heteroatoms. The van der Waals surface area contributed by atoms with E-state index < -0.39 is 17.5 Å². The molecule has 0 aliphatic carbocycles. The Kier molecular flexibility index (Phi) is 3.89. The summed E-state index contributed by atoms with van der Waals surface area (Å²) < 4.78 is 4.57. The number of para-hydroxylation sites is 1. The normalized spacial score (nSPS) is 18.1. The van der Waals surface area contributed by atoms with Gasteiger partial charge in [-0.3, -0.25) is 9.69 Å². The molecule has 0 radical (unpaired) electrons. The lowest BCUT2D eigenvalue weighted by atomic mass is 10.1. The highest BCUT2D eigenvalue weighted by atomic mass is 16.6. The Hall–Kier alpha value is -2.55. The average Bonchev–Trinajstić information content (AvgIpc) is 2.85. The highest BCUT2D eigenvalue weighted by Gasteiger charge is 2.42. The van der Waals surface area contributed by atoms with Crippen LogP contribution < -0.4 is 4.90 Å². The molecular weight excluding hydrogens is 258 g/mol. The Labute approximate surface area is 116 Å². The zero-order chi connectivity index (χ0) is 14.7. The molecular formula is C14H16N3O3+. The van der Waals surface area contributed by atoms with E-state index in [0.29, 0.717) is 0 Å². The number of fused-ring (bicyclic) bond motifs is 1. The van der Waals surface area contributed by atoms with Gasteiger partial charge in [-0.15, -0.1) is 0 Å². The number of amides is 1. The maximum absolute atomic E-state index is 12.5. The van der Waals surface area contributed by atoms with Crippen LogP contribution in [0.2, 0.25) is 0 Å². The molecule has 0 saturated carbocycles. The number of ether oxygens (including phenoxy) is 1. The fourth-order valence-corrected chi connectivity index (χ4v) is 2.45. The third-order valence-electron chi connectivity index (χ3n) is 3.46. The van der Waals surface area contributed by atoms with Gasteiger partial charge in [-0.25, -0.2) is 0 Å². The number of carbonyl (C=O) groups excluding carboxylic acids is 1. The van der Waals surface area contributed by atoms with Gasteiger partial charge in [-0.1, -0.05) is 25.1 Å². The van der Waals surface area contributed by atoms with Gasteiger partial charge in [-0.2, -0.15) is 0 Å². The fraction of sp³-hybridized carbons (Fsp3) is 0.357. The summed E-state index contributed by atoms with van der Waals surface area (Å²) in [6, 6.07) is 7.52. The van der Waals surface area contributed by atoms with Crippen LogP contribution in [-0.4, -0.2) is 24.2 Å². The summed E-state index contributed by atoms with van der Waals surface area (Å²) in [4.78, 5) is 16.9. The number of rotatable bonds is 3. The third kappa shape index (κ3) is 2.18. The fourth-order valence-electron chi connectivity index (χ4n) is 2.45. The molecule has 1 unspecified atom stereocenters. The van der Waals surface area contributed by atoms with E-state index in [1.54, 1.807) is 4.90 Å². The van der Waals surface area contributed by atoms with Gasteiger partial charge in [0.05, 0.1) is 7.11 Å². The van der Waals surface area contributed by atoms with Crippen LogP contribution in [0, 0.1) is 5.39 Å². The first-order valence-corrected chi connectivity index (χ1v) is 6.37. The molecule has 1 heterocycles. The van der Waals surface area contributed by atoms with Crippen LogP contribution in [-0.2, 0) is 16.0 Å². The van der Waals surface area contributed by atoms with E-state index >= 15 is 0 Å². The van der Waals surface area contributed by atoms with Crippen molar-refractivity contribution in [3.8, 4) is 0 Å². The van der Waals surface area contributed by atoms with E-state index in [-0.39, 0.29) is 6.04 Å². The minimum atomic E-state index is -0.697. The summed E-state index contributed by atoms with van der Waals surface area (Å²) in [6.07, 6.45) is 1.50. The topological polar surface area (TPSA) is 77.9 Å². The van der Waals surface area contributed by atoms with Crippen molar-refractivity contribution in [3.05, 3.63) is 46.4 Å². The first kappa shape index (κ1) is 13.9. The Morgan fingerprint density at radius 3 is 2.85 bits per heavy atom. The molecule has 1 N–H and O–H groups in total. The molecule has 6 nitrogen and oxygen atoms in total. The number of benzene rings is 1. The summed E-state index contributed by atoms with van der Waals surface area (Å²) >= 11 is 0. The predicted molar refractivity (Wildman–Crippen MR) is 73.5 cm³/mol. The molecule has 0 saturated heterocycles. The number of carbonyl (C=O) groups is 1. The molecule has 0 fully saturated rings. The van der Waals surface area contributed by atoms with Crippen LogP contribution in [0.4, 0.5) is 5.69 Å². The summed E-state index contributed by atoms with van der Waals surface area (Å²) in [7, 11) is 1.20. The van der Waals surface area contributed by atoms with E-state index in [0.717, 1.165) is 24.1 Å². The lowest BCUT2D eigenvalue weighted by molar-refractivity contribution is -0.115. The smallest absolute Gasteiger partial charge is 0.475 e. The molecule has 1 aliphatic rings. The van der Waals surface area contributed by atoms with Crippen LogP contribution in [0.1, 0.15) is 18.9 Å². The summed E-state index contributed by atoms with van der Waals surface area (Å²) in [5.41, 5.74) is 1.33. The molecule has 0 aromatic heterocycles. The van der Waals surface area contributed by atoms with Crippen LogP contribution in [0.25, 0.3) is 4.98 Å². The standard InChI is InChI=1S/C14H15N3O3/c1-3-10-8-9-6-4-5-7-11(9)17(10)13(18)12(16-15)14(19)20-2/h4-7,10H,3,8H2,1-2H3/p+1. The molecule has 104 valence electrons. The van der Waals surface area contributed by atoms with Crippen LogP contribution in [0.3, 0.4) is 0 Å². The highest BCUT2D eigenvalue weighted by molar-refractivity contribution is 6.08. The average molecular weight is 274 g/mol. The van der Waals surface area contributed by atoms with Gasteiger partial charge in [0.15, 0.2) is 4.98 Å². The van der Waals surface area contributed by atoms with Crippen molar-refractivity contribution >= 4 is 11.6 Å². The zero-order valence-corrected chi connectivity index (χ0v) is 11.4. The van der Waals surface area contributed by atoms with E-state index in [2.05, 4.69) is 9.71 Å². The number of aliphatic hydroxyl groups is 1. The summed E-state index contributed by atoms with van der Waals surface area (Å²) in [6.45, 7) is 1.98.